The van der Waals surface area contributed by atoms with Crippen LogP contribution in [-0.4, -0.2) is 43.8 Å². The van der Waals surface area contributed by atoms with Gasteiger partial charge in [0, 0.05) is 18.1 Å². The number of sulfonamides is 1. The van der Waals surface area contributed by atoms with Gasteiger partial charge in [0.05, 0.1) is 21.2 Å². The number of piperazine rings is 1. The van der Waals surface area contributed by atoms with Crippen LogP contribution in [0.2, 0.25) is 10.0 Å². The molecule has 1 spiro atoms. The number of hydrogen-bond acceptors (Lipinski definition) is 5. The molecule has 2 amide bonds. The normalized spacial score (nSPS) is 17.0. The van der Waals surface area contributed by atoms with Crippen molar-refractivity contribution in [3.05, 3.63) is 82.3 Å². The predicted octanol–water partition coefficient (Wildman–Crippen LogP) is 5.86. The average Bonchev–Trinajstić information content (AvgIpc) is 2.93. The SMILES string of the molecule is O=C(c1cc(Cl)ccc1NS(=O)(=O)c1ccc(Oc2ccccc2Cl)cc1)N1CCNC(=O)C12CCCCC2. The fraction of sp³-hybridized carbons (Fsp3) is 0.286. The predicted molar refractivity (Wildman–Crippen MR) is 150 cm³/mol. The molecule has 2 fully saturated rings. The molecule has 1 saturated carbocycles. The van der Waals surface area contributed by atoms with E-state index >= 15 is 0 Å². The van der Waals surface area contributed by atoms with Gasteiger partial charge in [-0.15, -0.1) is 0 Å². The topological polar surface area (TPSA) is 105 Å². The number of halogens is 2. The first kappa shape index (κ1) is 27.3. The maximum absolute atomic E-state index is 13.9. The van der Waals surface area contributed by atoms with E-state index in [0.29, 0.717) is 42.5 Å². The number of carbonyl (C=O) groups excluding carboxylic acids is 2. The first-order chi connectivity index (χ1) is 18.7. The highest BCUT2D eigenvalue weighted by molar-refractivity contribution is 7.92. The summed E-state index contributed by atoms with van der Waals surface area (Å²) in [7, 11) is -4.08. The van der Waals surface area contributed by atoms with Crippen molar-refractivity contribution >= 4 is 50.7 Å². The highest BCUT2D eigenvalue weighted by atomic mass is 35.5. The fourth-order valence-electron chi connectivity index (χ4n) is 5.18. The third kappa shape index (κ3) is 5.57. The van der Waals surface area contributed by atoms with Gasteiger partial charge in [0.15, 0.2) is 0 Å². The largest absolute Gasteiger partial charge is 0.456 e. The van der Waals surface area contributed by atoms with Crippen molar-refractivity contribution in [3.63, 3.8) is 0 Å². The molecule has 2 N–H and O–H groups in total. The Hall–Kier alpha value is -3.27. The van der Waals surface area contributed by atoms with Gasteiger partial charge < -0.3 is 15.0 Å². The average molecular weight is 589 g/mol. The number of amides is 2. The molecule has 0 atom stereocenters. The summed E-state index contributed by atoms with van der Waals surface area (Å²) in [6.45, 7) is 0.659. The summed E-state index contributed by atoms with van der Waals surface area (Å²) in [4.78, 5) is 28.4. The molecule has 0 aromatic heterocycles. The van der Waals surface area contributed by atoms with Crippen LogP contribution in [0, 0.1) is 0 Å². The summed E-state index contributed by atoms with van der Waals surface area (Å²) >= 11 is 12.4. The Balaban J connectivity index is 1.41. The van der Waals surface area contributed by atoms with Gasteiger partial charge in [-0.1, -0.05) is 54.6 Å². The minimum atomic E-state index is -4.08. The Bertz CT molecular complexity index is 1510. The van der Waals surface area contributed by atoms with Crippen molar-refractivity contribution in [2.75, 3.05) is 17.8 Å². The molecule has 204 valence electrons. The maximum atomic E-state index is 13.9. The van der Waals surface area contributed by atoms with E-state index in [4.69, 9.17) is 27.9 Å². The lowest BCUT2D eigenvalue weighted by Gasteiger charge is -2.48. The lowest BCUT2D eigenvalue weighted by molar-refractivity contribution is -0.137. The van der Waals surface area contributed by atoms with Gasteiger partial charge in [0.25, 0.3) is 15.9 Å². The standard InChI is InChI=1S/C28H27Cl2N3O5S/c29-19-8-13-24(22(18-19)26(34)33-17-16-31-27(35)28(33)14-4-1-5-15-28)32-39(36,37)21-11-9-20(10-12-21)38-25-7-3-2-6-23(25)30/h2-3,6-13,18,32H,1,4-5,14-17H2,(H,31,35). The number of anilines is 1. The van der Waals surface area contributed by atoms with E-state index in [9.17, 15) is 18.0 Å². The second kappa shape index (κ2) is 11.1. The Morgan fingerprint density at radius 1 is 0.974 bits per heavy atom. The number of carbonyl (C=O) groups is 2. The van der Waals surface area contributed by atoms with Gasteiger partial charge in [0.1, 0.15) is 17.0 Å². The number of hydrogen-bond donors (Lipinski definition) is 2. The van der Waals surface area contributed by atoms with Crippen molar-refractivity contribution < 1.29 is 22.7 Å². The van der Waals surface area contributed by atoms with Crippen LogP contribution in [-0.2, 0) is 14.8 Å². The second-order valence-electron chi connectivity index (χ2n) is 9.60. The van der Waals surface area contributed by atoms with Gasteiger partial charge in [-0.2, -0.15) is 0 Å². The maximum Gasteiger partial charge on any atom is 0.261 e. The summed E-state index contributed by atoms with van der Waals surface area (Å²) in [6, 6.07) is 17.2. The Morgan fingerprint density at radius 2 is 1.69 bits per heavy atom. The number of ether oxygens (including phenoxy) is 1. The monoisotopic (exact) mass is 587 g/mol. The first-order valence-corrected chi connectivity index (χ1v) is 14.9. The molecule has 5 rings (SSSR count). The van der Waals surface area contributed by atoms with Gasteiger partial charge in [-0.05, 0) is 67.4 Å². The third-order valence-electron chi connectivity index (χ3n) is 7.14. The van der Waals surface area contributed by atoms with Crippen LogP contribution in [0.25, 0.3) is 0 Å². The van der Waals surface area contributed by atoms with Gasteiger partial charge in [-0.3, -0.25) is 14.3 Å². The molecule has 0 bridgehead atoms. The minimum Gasteiger partial charge on any atom is -0.456 e. The van der Waals surface area contributed by atoms with Crippen molar-refractivity contribution in [1.82, 2.24) is 10.2 Å². The van der Waals surface area contributed by atoms with Crippen LogP contribution in [0.3, 0.4) is 0 Å². The molecule has 1 aliphatic heterocycles. The molecule has 39 heavy (non-hydrogen) atoms. The molecule has 3 aromatic carbocycles. The summed E-state index contributed by atoms with van der Waals surface area (Å²) in [5.74, 6) is 0.255. The van der Waals surface area contributed by atoms with Crippen molar-refractivity contribution in [2.24, 2.45) is 0 Å². The van der Waals surface area contributed by atoms with E-state index < -0.39 is 21.5 Å². The van der Waals surface area contributed by atoms with E-state index in [-0.39, 0.29) is 27.1 Å². The molecule has 1 heterocycles. The third-order valence-corrected chi connectivity index (χ3v) is 9.07. The number of rotatable bonds is 6. The van der Waals surface area contributed by atoms with Crippen LogP contribution in [0.4, 0.5) is 5.69 Å². The highest BCUT2D eigenvalue weighted by Gasteiger charge is 2.49. The minimum absolute atomic E-state index is 0.0246. The summed E-state index contributed by atoms with van der Waals surface area (Å²) in [5, 5.41) is 3.61. The molecule has 1 saturated heterocycles. The molecule has 11 heteroatoms. The second-order valence-corrected chi connectivity index (χ2v) is 12.1. The quantitative estimate of drug-likeness (QED) is 0.375. The molecule has 0 radical (unpaired) electrons. The van der Waals surface area contributed by atoms with Gasteiger partial charge in [-0.25, -0.2) is 8.42 Å². The Morgan fingerprint density at radius 3 is 2.41 bits per heavy atom. The van der Waals surface area contributed by atoms with E-state index in [0.717, 1.165) is 19.3 Å². The van der Waals surface area contributed by atoms with E-state index in [1.165, 1.54) is 42.5 Å². The fourth-order valence-corrected chi connectivity index (χ4v) is 6.61. The number of benzene rings is 3. The zero-order chi connectivity index (χ0) is 27.6. The van der Waals surface area contributed by atoms with Gasteiger partial charge in [0.2, 0.25) is 5.91 Å². The first-order valence-electron chi connectivity index (χ1n) is 12.6. The summed E-state index contributed by atoms with van der Waals surface area (Å²) in [6.07, 6.45) is 3.80. The summed E-state index contributed by atoms with van der Waals surface area (Å²) in [5.41, 5.74) is -0.772. The molecule has 8 nitrogen and oxygen atoms in total. The molecule has 1 aliphatic carbocycles. The van der Waals surface area contributed by atoms with Crippen LogP contribution < -0.4 is 14.8 Å². The molecule has 3 aromatic rings. The number of nitrogens with one attached hydrogen (secondary N) is 2. The van der Waals surface area contributed by atoms with Crippen molar-refractivity contribution in [1.29, 1.82) is 0 Å². The number of nitrogens with zero attached hydrogens (tertiary/aromatic N) is 1. The van der Waals surface area contributed by atoms with Crippen LogP contribution in [0.1, 0.15) is 42.5 Å². The number of para-hydroxylation sites is 1. The van der Waals surface area contributed by atoms with Crippen molar-refractivity contribution in [3.8, 4) is 11.5 Å². The Kier molecular flexibility index (Phi) is 7.75. The smallest absolute Gasteiger partial charge is 0.261 e. The summed E-state index contributed by atoms with van der Waals surface area (Å²) < 4.78 is 34.9. The van der Waals surface area contributed by atoms with E-state index in [1.54, 1.807) is 29.2 Å². The zero-order valence-corrected chi connectivity index (χ0v) is 23.3. The molecular formula is C28H27Cl2N3O5S. The lowest BCUT2D eigenvalue weighted by atomic mass is 9.78. The molecule has 2 aliphatic rings. The Labute approximate surface area is 237 Å². The van der Waals surface area contributed by atoms with Gasteiger partial charge >= 0.3 is 0 Å². The van der Waals surface area contributed by atoms with Crippen LogP contribution in [0.5, 0.6) is 11.5 Å². The van der Waals surface area contributed by atoms with Crippen LogP contribution >= 0.6 is 23.2 Å². The van der Waals surface area contributed by atoms with E-state index in [2.05, 4.69) is 10.0 Å². The highest BCUT2D eigenvalue weighted by Crippen LogP contribution is 2.38. The molecular weight excluding hydrogens is 561 g/mol. The molecule has 0 unspecified atom stereocenters. The van der Waals surface area contributed by atoms with Crippen molar-refractivity contribution in [2.45, 2.75) is 42.5 Å². The zero-order valence-electron chi connectivity index (χ0n) is 21.0. The van der Waals surface area contributed by atoms with Crippen LogP contribution in [0.15, 0.2) is 71.6 Å². The lowest BCUT2D eigenvalue weighted by Crippen LogP contribution is -2.67. The van der Waals surface area contributed by atoms with E-state index in [1.807, 2.05) is 0 Å².